The Morgan fingerprint density at radius 3 is 2.86 bits per heavy atom. The maximum Gasteiger partial charge on any atom is 0.0799 e. The summed E-state index contributed by atoms with van der Waals surface area (Å²) in [4.78, 5) is 0. The van der Waals surface area contributed by atoms with Crippen molar-refractivity contribution in [3.8, 4) is 0 Å². The molecule has 0 fully saturated rings. The van der Waals surface area contributed by atoms with Crippen LogP contribution < -0.4 is 0 Å². The monoisotopic (exact) mass is 256 g/mol. The van der Waals surface area contributed by atoms with Crippen LogP contribution in [-0.2, 0) is 0 Å². The molecule has 0 saturated heterocycles. The van der Waals surface area contributed by atoms with Crippen molar-refractivity contribution in [3.05, 3.63) is 33.8 Å². The van der Waals surface area contributed by atoms with E-state index in [-0.39, 0.29) is 12.7 Å². The molecule has 3 heteroatoms. The highest BCUT2D eigenvalue weighted by Crippen LogP contribution is 2.42. The summed E-state index contributed by atoms with van der Waals surface area (Å²) >= 11 is 3.39. The van der Waals surface area contributed by atoms with Gasteiger partial charge in [0.15, 0.2) is 0 Å². The van der Waals surface area contributed by atoms with Crippen molar-refractivity contribution in [3.63, 3.8) is 0 Å². The molecule has 0 aliphatic heterocycles. The number of fused-ring (bicyclic) bond motifs is 1. The standard InChI is InChI=1S/C11H13BrO2/c12-8-1-2-9-7(3-4-13)5-11(14)10(9)6-8/h1-2,6-7,11,13-14H,3-5H2/t7-,11-/m0/s1. The fourth-order valence-corrected chi connectivity index (χ4v) is 2.54. The molecule has 2 nitrogen and oxygen atoms in total. The van der Waals surface area contributed by atoms with E-state index in [1.807, 2.05) is 18.2 Å². The first-order valence-corrected chi connectivity index (χ1v) is 5.60. The van der Waals surface area contributed by atoms with E-state index in [1.165, 1.54) is 5.56 Å². The number of hydrogen-bond acceptors (Lipinski definition) is 2. The summed E-state index contributed by atoms with van der Waals surface area (Å²) in [5.74, 6) is 0.318. The van der Waals surface area contributed by atoms with Crippen LogP contribution >= 0.6 is 15.9 Å². The quantitative estimate of drug-likeness (QED) is 0.853. The Bertz CT molecular complexity index is 338. The van der Waals surface area contributed by atoms with Gasteiger partial charge in [-0.2, -0.15) is 0 Å². The van der Waals surface area contributed by atoms with Crippen molar-refractivity contribution < 1.29 is 10.2 Å². The van der Waals surface area contributed by atoms with Crippen molar-refractivity contribution in [2.75, 3.05) is 6.61 Å². The third-order valence-electron chi connectivity index (χ3n) is 2.83. The minimum atomic E-state index is -0.362. The van der Waals surface area contributed by atoms with Crippen LogP contribution in [0.4, 0.5) is 0 Å². The number of aliphatic hydroxyl groups excluding tert-OH is 2. The molecule has 0 saturated carbocycles. The molecular weight excluding hydrogens is 244 g/mol. The van der Waals surface area contributed by atoms with Gasteiger partial charge in [-0.3, -0.25) is 0 Å². The number of benzene rings is 1. The summed E-state index contributed by atoms with van der Waals surface area (Å²) in [6.07, 6.45) is 1.12. The maximum absolute atomic E-state index is 9.80. The molecule has 0 amide bonds. The number of hydrogen-bond donors (Lipinski definition) is 2. The zero-order valence-electron chi connectivity index (χ0n) is 7.78. The summed E-state index contributed by atoms with van der Waals surface area (Å²) in [5.41, 5.74) is 2.20. The molecule has 2 rings (SSSR count). The van der Waals surface area contributed by atoms with Crippen LogP contribution in [0.25, 0.3) is 0 Å². The van der Waals surface area contributed by atoms with Crippen LogP contribution in [0.1, 0.15) is 36.0 Å². The zero-order valence-corrected chi connectivity index (χ0v) is 9.37. The van der Waals surface area contributed by atoms with Crippen LogP contribution in [0.15, 0.2) is 22.7 Å². The fraction of sp³-hybridized carbons (Fsp3) is 0.455. The van der Waals surface area contributed by atoms with Crippen LogP contribution in [0.5, 0.6) is 0 Å². The first-order chi connectivity index (χ1) is 6.72. The molecule has 2 atom stereocenters. The molecule has 1 aromatic rings. The van der Waals surface area contributed by atoms with E-state index >= 15 is 0 Å². The summed E-state index contributed by atoms with van der Waals surface area (Å²) in [6, 6.07) is 5.99. The van der Waals surface area contributed by atoms with E-state index in [9.17, 15) is 5.11 Å². The normalized spacial score (nSPS) is 25.1. The highest BCUT2D eigenvalue weighted by atomic mass is 79.9. The largest absolute Gasteiger partial charge is 0.396 e. The van der Waals surface area contributed by atoms with Crippen molar-refractivity contribution in [1.29, 1.82) is 0 Å². The Morgan fingerprint density at radius 1 is 1.36 bits per heavy atom. The van der Waals surface area contributed by atoms with Gasteiger partial charge in [0.25, 0.3) is 0 Å². The number of aliphatic hydroxyl groups is 2. The molecule has 2 N–H and O–H groups in total. The molecular formula is C11H13BrO2. The van der Waals surface area contributed by atoms with Gasteiger partial charge in [-0.05, 0) is 42.0 Å². The molecule has 0 heterocycles. The minimum absolute atomic E-state index is 0.187. The Hall–Kier alpha value is -0.380. The van der Waals surface area contributed by atoms with Gasteiger partial charge in [0.1, 0.15) is 0 Å². The van der Waals surface area contributed by atoms with Crippen LogP contribution in [0.2, 0.25) is 0 Å². The Balaban J connectivity index is 2.34. The van der Waals surface area contributed by atoms with E-state index in [4.69, 9.17) is 5.11 Å². The fourth-order valence-electron chi connectivity index (χ4n) is 2.16. The summed E-state index contributed by atoms with van der Waals surface area (Å²) in [6.45, 7) is 0.187. The lowest BCUT2D eigenvalue weighted by Crippen LogP contribution is -1.96. The average molecular weight is 257 g/mol. The Morgan fingerprint density at radius 2 is 2.14 bits per heavy atom. The second-order valence-corrected chi connectivity index (χ2v) is 4.65. The first-order valence-electron chi connectivity index (χ1n) is 4.80. The first kappa shape index (κ1) is 10.1. The summed E-state index contributed by atoms with van der Waals surface area (Å²) < 4.78 is 1.000. The third kappa shape index (κ3) is 1.72. The molecule has 1 aromatic carbocycles. The molecule has 0 spiro atoms. The lowest BCUT2D eigenvalue weighted by Gasteiger charge is -2.08. The lowest BCUT2D eigenvalue weighted by molar-refractivity contribution is 0.167. The molecule has 0 aromatic heterocycles. The van der Waals surface area contributed by atoms with Gasteiger partial charge in [-0.25, -0.2) is 0 Å². The molecule has 76 valence electrons. The predicted octanol–water partition coefficient (Wildman–Crippen LogP) is 2.35. The van der Waals surface area contributed by atoms with Gasteiger partial charge in [0, 0.05) is 11.1 Å². The van der Waals surface area contributed by atoms with Gasteiger partial charge >= 0.3 is 0 Å². The van der Waals surface area contributed by atoms with Gasteiger partial charge in [-0.1, -0.05) is 22.0 Å². The second-order valence-electron chi connectivity index (χ2n) is 3.73. The van der Waals surface area contributed by atoms with Crippen molar-refractivity contribution in [1.82, 2.24) is 0 Å². The summed E-state index contributed by atoms with van der Waals surface area (Å²) in [7, 11) is 0. The van der Waals surface area contributed by atoms with E-state index in [0.717, 1.165) is 22.9 Å². The highest BCUT2D eigenvalue weighted by Gasteiger charge is 2.28. The SMILES string of the molecule is OCC[C@H]1C[C@H](O)c2cc(Br)ccc21. The Kier molecular flexibility index (Phi) is 2.91. The van der Waals surface area contributed by atoms with Gasteiger partial charge < -0.3 is 10.2 Å². The Labute approximate surface area is 91.7 Å². The van der Waals surface area contributed by atoms with Gasteiger partial charge in [0.05, 0.1) is 6.10 Å². The molecule has 0 radical (unpaired) electrons. The molecule has 14 heavy (non-hydrogen) atoms. The average Bonchev–Trinajstić information content (AvgIpc) is 2.44. The smallest absolute Gasteiger partial charge is 0.0799 e. The van der Waals surface area contributed by atoms with E-state index in [1.54, 1.807) is 0 Å². The van der Waals surface area contributed by atoms with E-state index < -0.39 is 0 Å². The van der Waals surface area contributed by atoms with Gasteiger partial charge in [0.2, 0.25) is 0 Å². The van der Waals surface area contributed by atoms with Crippen LogP contribution in [0, 0.1) is 0 Å². The predicted molar refractivity (Wildman–Crippen MR) is 58.2 cm³/mol. The summed E-state index contributed by atoms with van der Waals surface area (Å²) in [5, 5.41) is 18.7. The van der Waals surface area contributed by atoms with Gasteiger partial charge in [-0.15, -0.1) is 0 Å². The molecule has 1 aliphatic rings. The van der Waals surface area contributed by atoms with Crippen LogP contribution in [-0.4, -0.2) is 16.8 Å². The zero-order chi connectivity index (χ0) is 10.1. The van der Waals surface area contributed by atoms with Crippen molar-refractivity contribution in [2.45, 2.75) is 24.9 Å². The highest BCUT2D eigenvalue weighted by molar-refractivity contribution is 9.10. The lowest BCUT2D eigenvalue weighted by atomic mass is 9.98. The molecule has 0 bridgehead atoms. The number of halogens is 1. The number of rotatable bonds is 2. The third-order valence-corrected chi connectivity index (χ3v) is 3.33. The van der Waals surface area contributed by atoms with E-state index in [2.05, 4.69) is 15.9 Å². The minimum Gasteiger partial charge on any atom is -0.396 e. The van der Waals surface area contributed by atoms with Crippen molar-refractivity contribution in [2.24, 2.45) is 0 Å². The topological polar surface area (TPSA) is 40.5 Å². The van der Waals surface area contributed by atoms with Crippen LogP contribution in [0.3, 0.4) is 0 Å². The molecule has 1 aliphatic carbocycles. The second kappa shape index (κ2) is 4.01. The van der Waals surface area contributed by atoms with E-state index in [0.29, 0.717) is 5.92 Å². The molecule has 0 unspecified atom stereocenters. The maximum atomic E-state index is 9.80. The van der Waals surface area contributed by atoms with Crippen molar-refractivity contribution >= 4 is 15.9 Å².